The van der Waals surface area contributed by atoms with E-state index in [0.29, 0.717) is 0 Å². The maximum atomic E-state index is 11.9. The Balaban J connectivity index is 3.18. The van der Waals surface area contributed by atoms with Crippen LogP contribution in [0.3, 0.4) is 0 Å². The van der Waals surface area contributed by atoms with Crippen LogP contribution in [0, 0.1) is 18.3 Å². The standard InChI is InChI=1S/C8H6F3N3O/c1-4-6(13)2-5(3-12)7(14-4)15-8(9,10)11/h2H,13H2,1H3. The topological polar surface area (TPSA) is 71.9 Å². The van der Waals surface area contributed by atoms with Gasteiger partial charge in [-0.1, -0.05) is 0 Å². The van der Waals surface area contributed by atoms with Gasteiger partial charge >= 0.3 is 6.36 Å². The Hall–Kier alpha value is -1.97. The lowest BCUT2D eigenvalue weighted by Crippen LogP contribution is -2.19. The summed E-state index contributed by atoms with van der Waals surface area (Å²) in [4.78, 5) is 3.44. The molecule has 1 aromatic heterocycles. The largest absolute Gasteiger partial charge is 0.574 e. The molecule has 0 saturated carbocycles. The molecular formula is C8H6F3N3O. The Morgan fingerprint density at radius 1 is 1.53 bits per heavy atom. The van der Waals surface area contributed by atoms with Crippen molar-refractivity contribution in [1.82, 2.24) is 4.98 Å². The summed E-state index contributed by atoms with van der Waals surface area (Å²) in [5.41, 5.74) is 5.34. The van der Waals surface area contributed by atoms with Crippen LogP contribution < -0.4 is 10.5 Å². The fraction of sp³-hybridized carbons (Fsp3) is 0.250. The average molecular weight is 217 g/mol. The van der Waals surface area contributed by atoms with Crippen LogP contribution in [0.4, 0.5) is 18.9 Å². The molecule has 0 radical (unpaired) electrons. The molecule has 1 rings (SSSR count). The number of nitrogen functional groups attached to an aromatic ring is 1. The second-order valence-corrected chi connectivity index (χ2v) is 2.68. The smallest absolute Gasteiger partial charge is 0.397 e. The lowest BCUT2D eigenvalue weighted by atomic mass is 10.2. The second kappa shape index (κ2) is 3.65. The van der Waals surface area contributed by atoms with Crippen molar-refractivity contribution in [2.45, 2.75) is 13.3 Å². The first-order valence-corrected chi connectivity index (χ1v) is 3.76. The van der Waals surface area contributed by atoms with Crippen molar-refractivity contribution in [3.8, 4) is 11.9 Å². The van der Waals surface area contributed by atoms with Gasteiger partial charge in [0.05, 0.1) is 11.4 Å². The van der Waals surface area contributed by atoms with Crippen molar-refractivity contribution < 1.29 is 17.9 Å². The fourth-order valence-corrected chi connectivity index (χ4v) is 0.866. The minimum atomic E-state index is -4.87. The van der Waals surface area contributed by atoms with Crippen LogP contribution in [-0.2, 0) is 0 Å². The fourth-order valence-electron chi connectivity index (χ4n) is 0.866. The molecule has 1 heterocycles. The zero-order valence-electron chi connectivity index (χ0n) is 7.59. The maximum absolute atomic E-state index is 11.9. The van der Waals surface area contributed by atoms with E-state index in [9.17, 15) is 13.2 Å². The molecule has 0 saturated heterocycles. The highest BCUT2D eigenvalue weighted by Crippen LogP contribution is 2.26. The van der Waals surface area contributed by atoms with E-state index in [2.05, 4.69) is 9.72 Å². The molecule has 80 valence electrons. The van der Waals surface area contributed by atoms with Gasteiger partial charge in [-0.05, 0) is 13.0 Å². The predicted octanol–water partition coefficient (Wildman–Crippen LogP) is 1.74. The van der Waals surface area contributed by atoms with Gasteiger partial charge in [-0.3, -0.25) is 0 Å². The molecule has 0 spiro atoms. The summed E-state index contributed by atoms with van der Waals surface area (Å²) in [6.45, 7) is 1.42. The maximum Gasteiger partial charge on any atom is 0.574 e. The van der Waals surface area contributed by atoms with Crippen molar-refractivity contribution >= 4 is 5.69 Å². The molecule has 0 fully saturated rings. The van der Waals surface area contributed by atoms with Crippen molar-refractivity contribution in [3.63, 3.8) is 0 Å². The first-order chi connectivity index (χ1) is 6.83. The number of aryl methyl sites for hydroxylation is 1. The number of rotatable bonds is 1. The van der Waals surface area contributed by atoms with E-state index in [-0.39, 0.29) is 16.9 Å². The van der Waals surface area contributed by atoms with E-state index < -0.39 is 12.2 Å². The summed E-state index contributed by atoms with van der Waals surface area (Å²) in [5.74, 6) is -0.781. The molecule has 0 atom stereocenters. The molecule has 0 aliphatic rings. The van der Waals surface area contributed by atoms with Crippen LogP contribution in [0.5, 0.6) is 5.88 Å². The number of aromatic nitrogens is 1. The van der Waals surface area contributed by atoms with Gasteiger partial charge in [-0.15, -0.1) is 13.2 Å². The minimum Gasteiger partial charge on any atom is -0.397 e. The number of ether oxygens (including phenoxy) is 1. The third-order valence-electron chi connectivity index (χ3n) is 1.55. The molecule has 0 unspecified atom stereocenters. The molecule has 0 amide bonds. The highest BCUT2D eigenvalue weighted by Gasteiger charge is 2.33. The first kappa shape index (κ1) is 11.1. The van der Waals surface area contributed by atoms with Gasteiger partial charge in [-0.2, -0.15) is 5.26 Å². The SMILES string of the molecule is Cc1nc(OC(F)(F)F)c(C#N)cc1N. The quantitative estimate of drug-likeness (QED) is 0.777. The van der Waals surface area contributed by atoms with Crippen molar-refractivity contribution in [3.05, 3.63) is 17.3 Å². The first-order valence-electron chi connectivity index (χ1n) is 3.76. The van der Waals surface area contributed by atoms with Gasteiger partial charge in [0.25, 0.3) is 0 Å². The van der Waals surface area contributed by atoms with E-state index in [1.54, 1.807) is 0 Å². The molecule has 4 nitrogen and oxygen atoms in total. The van der Waals surface area contributed by atoms with Crippen molar-refractivity contribution in [2.24, 2.45) is 0 Å². The molecule has 0 aromatic carbocycles. The zero-order valence-corrected chi connectivity index (χ0v) is 7.59. The highest BCUT2D eigenvalue weighted by atomic mass is 19.4. The summed E-state index contributed by atoms with van der Waals surface area (Å²) in [5, 5.41) is 8.54. The second-order valence-electron chi connectivity index (χ2n) is 2.68. The lowest BCUT2D eigenvalue weighted by Gasteiger charge is -2.10. The van der Waals surface area contributed by atoms with E-state index in [0.717, 1.165) is 6.07 Å². The van der Waals surface area contributed by atoms with Gasteiger partial charge in [0.1, 0.15) is 11.6 Å². The van der Waals surface area contributed by atoms with Gasteiger partial charge in [-0.25, -0.2) is 4.98 Å². The lowest BCUT2D eigenvalue weighted by molar-refractivity contribution is -0.276. The van der Waals surface area contributed by atoms with E-state index in [1.807, 2.05) is 0 Å². The van der Waals surface area contributed by atoms with Gasteiger partial charge in [0.15, 0.2) is 0 Å². The van der Waals surface area contributed by atoms with Crippen LogP contribution in [0.2, 0.25) is 0 Å². The number of hydrogen-bond acceptors (Lipinski definition) is 4. The minimum absolute atomic E-state index is 0.140. The van der Waals surface area contributed by atoms with Crippen LogP contribution in [-0.4, -0.2) is 11.3 Å². The number of pyridine rings is 1. The van der Waals surface area contributed by atoms with Gasteiger partial charge < -0.3 is 10.5 Å². The number of nitrogens with two attached hydrogens (primary N) is 1. The number of nitrogens with zero attached hydrogens (tertiary/aromatic N) is 2. The van der Waals surface area contributed by atoms with E-state index >= 15 is 0 Å². The van der Waals surface area contributed by atoms with Crippen LogP contribution in [0.15, 0.2) is 6.07 Å². The normalized spacial score (nSPS) is 10.9. The van der Waals surface area contributed by atoms with Crippen LogP contribution >= 0.6 is 0 Å². The average Bonchev–Trinajstić information content (AvgIpc) is 2.08. The molecule has 0 aliphatic heterocycles. The Labute approximate surface area is 83.1 Å². The Morgan fingerprint density at radius 3 is 2.60 bits per heavy atom. The van der Waals surface area contributed by atoms with Crippen LogP contribution in [0.25, 0.3) is 0 Å². The number of hydrogen-bond donors (Lipinski definition) is 1. The highest BCUT2D eigenvalue weighted by molar-refractivity contribution is 5.52. The van der Waals surface area contributed by atoms with Crippen LogP contribution in [0.1, 0.15) is 11.3 Å². The monoisotopic (exact) mass is 217 g/mol. The Bertz CT molecular complexity index is 422. The third kappa shape index (κ3) is 2.74. The number of nitriles is 1. The molecule has 7 heteroatoms. The molecule has 0 bridgehead atoms. The van der Waals surface area contributed by atoms with Gasteiger partial charge in [0.2, 0.25) is 5.88 Å². The number of halogens is 3. The summed E-state index contributed by atoms with van der Waals surface area (Å²) in [6, 6.07) is 2.61. The summed E-state index contributed by atoms with van der Waals surface area (Å²) < 4.78 is 39.2. The predicted molar refractivity (Wildman–Crippen MR) is 44.8 cm³/mol. The number of alkyl halides is 3. The molecular weight excluding hydrogens is 211 g/mol. The third-order valence-corrected chi connectivity index (χ3v) is 1.55. The van der Waals surface area contributed by atoms with Crippen molar-refractivity contribution in [2.75, 3.05) is 5.73 Å². The van der Waals surface area contributed by atoms with E-state index in [4.69, 9.17) is 11.0 Å². The summed E-state index contributed by atoms with van der Waals surface area (Å²) >= 11 is 0. The van der Waals surface area contributed by atoms with Crippen molar-refractivity contribution in [1.29, 1.82) is 5.26 Å². The summed E-state index contributed by atoms with van der Waals surface area (Å²) in [7, 11) is 0. The Kier molecular flexibility index (Phi) is 2.70. The summed E-state index contributed by atoms with van der Waals surface area (Å²) in [6.07, 6.45) is -4.87. The molecule has 0 aliphatic carbocycles. The van der Waals surface area contributed by atoms with Gasteiger partial charge in [0, 0.05) is 0 Å². The van der Waals surface area contributed by atoms with E-state index in [1.165, 1.54) is 13.0 Å². The molecule has 15 heavy (non-hydrogen) atoms. The molecule has 2 N–H and O–H groups in total. The number of anilines is 1. The Morgan fingerprint density at radius 2 is 2.13 bits per heavy atom. The molecule has 1 aromatic rings. The zero-order chi connectivity index (χ0) is 11.6.